The monoisotopic (exact) mass is 332 g/mol. The number of nitrogens with one attached hydrogen (secondary N) is 1. The van der Waals surface area contributed by atoms with Crippen molar-refractivity contribution in [2.75, 3.05) is 30.8 Å². The van der Waals surface area contributed by atoms with Gasteiger partial charge in [0.05, 0.1) is 10.7 Å². The van der Waals surface area contributed by atoms with Crippen molar-refractivity contribution >= 4 is 23.2 Å². The number of hydrogen-bond acceptors (Lipinski definition) is 5. The number of nitrogens with zero attached hydrogens (tertiary/aromatic N) is 2. The fourth-order valence-corrected chi connectivity index (χ4v) is 2.88. The van der Waals surface area contributed by atoms with E-state index in [2.05, 4.69) is 22.2 Å². The number of nitrogens with two attached hydrogens (primary N) is 1. The molecule has 3 rings (SSSR count). The van der Waals surface area contributed by atoms with E-state index in [-0.39, 0.29) is 5.41 Å². The zero-order chi connectivity index (χ0) is 16.3. The van der Waals surface area contributed by atoms with Gasteiger partial charge in [0, 0.05) is 31.5 Å². The average Bonchev–Trinajstić information content (AvgIpc) is 2.56. The molecule has 0 amide bonds. The van der Waals surface area contributed by atoms with Crippen LogP contribution < -0.4 is 11.1 Å². The van der Waals surface area contributed by atoms with Gasteiger partial charge in [0.2, 0.25) is 0 Å². The molecule has 0 radical (unpaired) electrons. The summed E-state index contributed by atoms with van der Waals surface area (Å²) in [4.78, 5) is 8.63. The van der Waals surface area contributed by atoms with Crippen molar-refractivity contribution < 1.29 is 4.74 Å². The smallest absolute Gasteiger partial charge is 0.126 e. The molecule has 0 atom stereocenters. The molecule has 23 heavy (non-hydrogen) atoms. The van der Waals surface area contributed by atoms with Crippen LogP contribution in [0.1, 0.15) is 19.8 Å². The molecule has 1 aliphatic heterocycles. The second kappa shape index (κ2) is 6.72. The van der Waals surface area contributed by atoms with Crippen LogP contribution in [0.3, 0.4) is 0 Å². The Hall–Kier alpha value is -1.85. The largest absolute Gasteiger partial charge is 0.384 e. The van der Waals surface area contributed by atoms with Crippen molar-refractivity contribution in [1.29, 1.82) is 0 Å². The minimum atomic E-state index is 0.245. The lowest BCUT2D eigenvalue weighted by Gasteiger charge is -2.33. The second-order valence-electron chi connectivity index (χ2n) is 6.27. The number of aromatic nitrogens is 2. The first-order chi connectivity index (χ1) is 11.1. The first kappa shape index (κ1) is 16.0. The Morgan fingerprint density at radius 1 is 1.35 bits per heavy atom. The third kappa shape index (κ3) is 3.92. The molecule has 6 heteroatoms. The highest BCUT2D eigenvalue weighted by Gasteiger charge is 2.27. The van der Waals surface area contributed by atoms with Crippen LogP contribution in [-0.4, -0.2) is 29.7 Å². The highest BCUT2D eigenvalue weighted by molar-refractivity contribution is 6.33. The van der Waals surface area contributed by atoms with Gasteiger partial charge < -0.3 is 15.8 Å². The fourth-order valence-electron chi connectivity index (χ4n) is 2.68. The zero-order valence-corrected chi connectivity index (χ0v) is 13.9. The van der Waals surface area contributed by atoms with Crippen LogP contribution in [0.2, 0.25) is 5.02 Å². The molecule has 0 saturated carbocycles. The molecule has 0 bridgehead atoms. The zero-order valence-electron chi connectivity index (χ0n) is 13.2. The Kier molecular flexibility index (Phi) is 4.68. The Balaban J connectivity index is 1.76. The first-order valence-electron chi connectivity index (χ1n) is 7.76. The summed E-state index contributed by atoms with van der Waals surface area (Å²) in [5, 5.41) is 3.98. The summed E-state index contributed by atoms with van der Waals surface area (Å²) in [6, 6.07) is 7.59. The number of anilines is 2. The maximum Gasteiger partial charge on any atom is 0.126 e. The minimum absolute atomic E-state index is 0.245. The van der Waals surface area contributed by atoms with E-state index >= 15 is 0 Å². The summed E-state index contributed by atoms with van der Waals surface area (Å²) in [5.41, 5.74) is 7.57. The molecule has 3 N–H and O–H groups in total. The summed E-state index contributed by atoms with van der Waals surface area (Å²) in [5.74, 6) is 1.26. The summed E-state index contributed by atoms with van der Waals surface area (Å²) in [6.45, 7) is 4.82. The van der Waals surface area contributed by atoms with Crippen LogP contribution in [0.4, 0.5) is 11.6 Å². The Bertz CT molecular complexity index is 686. The minimum Gasteiger partial charge on any atom is -0.384 e. The topological polar surface area (TPSA) is 73.1 Å². The van der Waals surface area contributed by atoms with Crippen LogP contribution in [0.25, 0.3) is 11.3 Å². The summed E-state index contributed by atoms with van der Waals surface area (Å²) in [7, 11) is 0. The van der Waals surface area contributed by atoms with E-state index in [0.29, 0.717) is 10.8 Å². The highest BCUT2D eigenvalue weighted by atomic mass is 35.5. The van der Waals surface area contributed by atoms with E-state index in [1.165, 1.54) is 0 Å². The van der Waals surface area contributed by atoms with Gasteiger partial charge in [-0.05, 0) is 36.5 Å². The summed E-state index contributed by atoms with van der Waals surface area (Å²) < 4.78 is 5.44. The lowest BCUT2D eigenvalue weighted by molar-refractivity contribution is 0.0300. The van der Waals surface area contributed by atoms with Crippen LogP contribution >= 0.6 is 11.6 Å². The van der Waals surface area contributed by atoms with Gasteiger partial charge in [-0.25, -0.2) is 9.97 Å². The van der Waals surface area contributed by atoms with Crippen molar-refractivity contribution in [1.82, 2.24) is 9.97 Å². The van der Waals surface area contributed by atoms with Gasteiger partial charge in [0.1, 0.15) is 11.6 Å². The number of ether oxygens (including phenoxy) is 1. The predicted molar refractivity (Wildman–Crippen MR) is 93.5 cm³/mol. The van der Waals surface area contributed by atoms with Crippen molar-refractivity contribution in [2.45, 2.75) is 19.8 Å². The molecule has 5 nitrogen and oxygen atoms in total. The summed E-state index contributed by atoms with van der Waals surface area (Å²) >= 11 is 6.21. The van der Waals surface area contributed by atoms with Crippen LogP contribution in [0.15, 0.2) is 30.5 Å². The first-order valence-corrected chi connectivity index (χ1v) is 8.14. The average molecular weight is 333 g/mol. The molecule has 0 unspecified atom stereocenters. The Morgan fingerprint density at radius 3 is 2.91 bits per heavy atom. The second-order valence-corrected chi connectivity index (χ2v) is 6.68. The highest BCUT2D eigenvalue weighted by Crippen LogP contribution is 2.31. The predicted octanol–water partition coefficient (Wildman–Crippen LogP) is 3.61. The van der Waals surface area contributed by atoms with Gasteiger partial charge in [-0.2, -0.15) is 0 Å². The van der Waals surface area contributed by atoms with Crippen LogP contribution in [0, 0.1) is 5.41 Å². The maximum atomic E-state index is 6.21. The molecule has 0 aliphatic carbocycles. The molecule has 1 saturated heterocycles. The maximum absolute atomic E-state index is 6.21. The fraction of sp³-hybridized carbons (Fsp3) is 0.412. The van der Waals surface area contributed by atoms with E-state index in [9.17, 15) is 0 Å². The standard InChI is InChI=1S/C17H21ClN4O/c1-17(5-7-23-8-6-17)11-21-16-4-2-3-14(22-16)12-9-15(19)20-10-13(12)18/h2-4,9-10H,5-8,11H2,1H3,(H2,19,20)(H,21,22). The van der Waals surface area contributed by atoms with Crippen molar-refractivity contribution in [3.8, 4) is 11.3 Å². The third-order valence-corrected chi connectivity index (χ3v) is 4.60. The number of pyridine rings is 2. The van der Waals surface area contributed by atoms with Gasteiger partial charge in [0.25, 0.3) is 0 Å². The molecule has 1 aliphatic rings. The molecule has 2 aromatic heterocycles. The van der Waals surface area contributed by atoms with Gasteiger partial charge >= 0.3 is 0 Å². The van der Waals surface area contributed by atoms with Crippen molar-refractivity contribution in [2.24, 2.45) is 5.41 Å². The molecule has 0 aromatic carbocycles. The molecule has 3 heterocycles. The quantitative estimate of drug-likeness (QED) is 0.894. The van der Waals surface area contributed by atoms with E-state index in [0.717, 1.165) is 49.7 Å². The number of nitrogen functional groups attached to an aromatic ring is 1. The van der Waals surface area contributed by atoms with Crippen LogP contribution in [-0.2, 0) is 4.74 Å². The third-order valence-electron chi connectivity index (χ3n) is 4.30. The Labute approximate surface area is 141 Å². The van der Waals surface area contributed by atoms with E-state index in [1.54, 1.807) is 12.3 Å². The van der Waals surface area contributed by atoms with E-state index in [1.807, 2.05) is 18.2 Å². The molecule has 2 aromatic rings. The van der Waals surface area contributed by atoms with Crippen molar-refractivity contribution in [3.63, 3.8) is 0 Å². The molecule has 122 valence electrons. The SMILES string of the molecule is CC1(CNc2cccc(-c3cc(N)ncc3Cl)n2)CCOCC1. The lowest BCUT2D eigenvalue weighted by atomic mass is 9.82. The number of hydrogen-bond donors (Lipinski definition) is 2. The van der Waals surface area contributed by atoms with Gasteiger partial charge in [-0.3, -0.25) is 0 Å². The molecule has 1 fully saturated rings. The van der Waals surface area contributed by atoms with Gasteiger partial charge in [-0.15, -0.1) is 0 Å². The van der Waals surface area contributed by atoms with Gasteiger partial charge in [-0.1, -0.05) is 24.6 Å². The van der Waals surface area contributed by atoms with Gasteiger partial charge in [0.15, 0.2) is 0 Å². The summed E-state index contributed by atoms with van der Waals surface area (Å²) in [6.07, 6.45) is 3.68. The van der Waals surface area contributed by atoms with Crippen molar-refractivity contribution in [3.05, 3.63) is 35.5 Å². The molecular weight excluding hydrogens is 312 g/mol. The molecule has 0 spiro atoms. The van der Waals surface area contributed by atoms with E-state index in [4.69, 9.17) is 22.1 Å². The molecular formula is C17H21ClN4O. The number of rotatable bonds is 4. The Morgan fingerprint density at radius 2 is 2.13 bits per heavy atom. The lowest BCUT2D eigenvalue weighted by Crippen LogP contribution is -2.33. The normalized spacial score (nSPS) is 17.0. The van der Waals surface area contributed by atoms with E-state index < -0.39 is 0 Å². The van der Waals surface area contributed by atoms with Crippen LogP contribution in [0.5, 0.6) is 0 Å². The number of halogens is 1.